The maximum absolute atomic E-state index is 9.53. The van der Waals surface area contributed by atoms with Gasteiger partial charge in [0.1, 0.15) is 5.82 Å². The van der Waals surface area contributed by atoms with Crippen molar-refractivity contribution in [1.82, 2.24) is 14.8 Å². The van der Waals surface area contributed by atoms with Gasteiger partial charge < -0.3 is 10.0 Å². The van der Waals surface area contributed by atoms with E-state index in [4.69, 9.17) is 0 Å². The van der Waals surface area contributed by atoms with Gasteiger partial charge in [-0.05, 0) is 26.0 Å². The number of pyridine rings is 1. The molecule has 2 heterocycles. The zero-order valence-electron chi connectivity index (χ0n) is 11.7. The third kappa shape index (κ3) is 2.76. The summed E-state index contributed by atoms with van der Waals surface area (Å²) in [6.45, 7) is 5.57. The highest BCUT2D eigenvalue weighted by molar-refractivity contribution is 5.50. The summed E-state index contributed by atoms with van der Waals surface area (Å²) in [5, 5.41) is 13.9. The molecule has 5 heteroatoms. The Balaban J connectivity index is 2.32. The van der Waals surface area contributed by atoms with Crippen molar-refractivity contribution in [2.45, 2.75) is 27.0 Å². The van der Waals surface area contributed by atoms with Crippen molar-refractivity contribution in [2.75, 3.05) is 11.4 Å². The van der Waals surface area contributed by atoms with E-state index in [2.05, 4.69) is 21.9 Å². The predicted molar refractivity (Wildman–Crippen MR) is 74.8 cm³/mol. The van der Waals surface area contributed by atoms with Crippen LogP contribution in [0.5, 0.6) is 0 Å². The minimum absolute atomic E-state index is 0.00766. The molecule has 2 rings (SSSR count). The van der Waals surface area contributed by atoms with Crippen LogP contribution >= 0.6 is 0 Å². The minimum atomic E-state index is 0.00766. The minimum Gasteiger partial charge on any atom is -0.391 e. The molecule has 2 aromatic heterocycles. The lowest BCUT2D eigenvalue weighted by molar-refractivity contribution is 0.281. The Kier molecular flexibility index (Phi) is 4.16. The highest BCUT2D eigenvalue weighted by Gasteiger charge is 2.18. The Morgan fingerprint density at radius 1 is 1.37 bits per heavy atom. The summed E-state index contributed by atoms with van der Waals surface area (Å²) < 4.78 is 1.83. The summed E-state index contributed by atoms with van der Waals surface area (Å²) in [5.41, 5.74) is 2.77. The Morgan fingerprint density at radius 3 is 2.74 bits per heavy atom. The van der Waals surface area contributed by atoms with Gasteiger partial charge in [0.25, 0.3) is 0 Å². The van der Waals surface area contributed by atoms with Crippen LogP contribution in [0.3, 0.4) is 0 Å². The molecule has 0 aromatic carbocycles. The van der Waals surface area contributed by atoms with Crippen LogP contribution in [-0.4, -0.2) is 26.4 Å². The smallest absolute Gasteiger partial charge is 0.132 e. The zero-order valence-corrected chi connectivity index (χ0v) is 11.7. The van der Waals surface area contributed by atoms with Gasteiger partial charge in [0, 0.05) is 25.4 Å². The van der Waals surface area contributed by atoms with Crippen molar-refractivity contribution in [3.05, 3.63) is 41.3 Å². The van der Waals surface area contributed by atoms with E-state index in [1.165, 1.54) is 0 Å². The van der Waals surface area contributed by atoms with E-state index in [9.17, 15) is 5.11 Å². The first-order valence-electron chi connectivity index (χ1n) is 6.45. The molecule has 0 fully saturated rings. The number of rotatable bonds is 5. The summed E-state index contributed by atoms with van der Waals surface area (Å²) in [6.07, 6.45) is 1.80. The molecular weight excluding hydrogens is 240 g/mol. The van der Waals surface area contributed by atoms with Crippen molar-refractivity contribution in [3.8, 4) is 0 Å². The molecule has 102 valence electrons. The molecule has 19 heavy (non-hydrogen) atoms. The molecule has 1 N–H and O–H groups in total. The number of aryl methyl sites for hydroxylation is 2. The van der Waals surface area contributed by atoms with Gasteiger partial charge in [-0.2, -0.15) is 5.10 Å². The van der Waals surface area contributed by atoms with Gasteiger partial charge in [0.05, 0.1) is 24.5 Å². The van der Waals surface area contributed by atoms with Crippen molar-refractivity contribution in [3.63, 3.8) is 0 Å². The number of aliphatic hydroxyl groups excluding tert-OH is 1. The van der Waals surface area contributed by atoms with E-state index in [-0.39, 0.29) is 6.61 Å². The second-order valence-corrected chi connectivity index (χ2v) is 4.50. The average molecular weight is 260 g/mol. The van der Waals surface area contributed by atoms with Crippen LogP contribution in [0.15, 0.2) is 24.4 Å². The van der Waals surface area contributed by atoms with Gasteiger partial charge in [0.15, 0.2) is 0 Å². The van der Waals surface area contributed by atoms with Gasteiger partial charge in [-0.15, -0.1) is 0 Å². The van der Waals surface area contributed by atoms with Crippen LogP contribution < -0.4 is 4.90 Å². The topological polar surface area (TPSA) is 54.2 Å². The van der Waals surface area contributed by atoms with Crippen molar-refractivity contribution >= 4 is 5.82 Å². The molecule has 0 amide bonds. The van der Waals surface area contributed by atoms with Crippen molar-refractivity contribution < 1.29 is 5.11 Å². The fraction of sp³-hybridized carbons (Fsp3) is 0.429. The molecule has 2 aromatic rings. The number of aromatic nitrogens is 3. The summed E-state index contributed by atoms with van der Waals surface area (Å²) in [6, 6.07) is 5.90. The van der Waals surface area contributed by atoms with Crippen LogP contribution in [0.2, 0.25) is 0 Å². The molecule has 0 radical (unpaired) electrons. The van der Waals surface area contributed by atoms with E-state index >= 15 is 0 Å². The summed E-state index contributed by atoms with van der Waals surface area (Å²) in [7, 11) is 1.91. The van der Waals surface area contributed by atoms with Crippen LogP contribution in [0.4, 0.5) is 5.82 Å². The molecular formula is C14H20N4O. The van der Waals surface area contributed by atoms with Crippen molar-refractivity contribution in [1.29, 1.82) is 0 Å². The highest BCUT2D eigenvalue weighted by Crippen LogP contribution is 2.24. The first-order valence-corrected chi connectivity index (χ1v) is 6.45. The van der Waals surface area contributed by atoms with Crippen molar-refractivity contribution in [2.24, 2.45) is 7.05 Å². The molecule has 0 unspecified atom stereocenters. The lowest BCUT2D eigenvalue weighted by atomic mass is 10.2. The maximum Gasteiger partial charge on any atom is 0.132 e. The van der Waals surface area contributed by atoms with Crippen LogP contribution in [0, 0.1) is 6.92 Å². The fourth-order valence-electron chi connectivity index (χ4n) is 2.29. The molecule has 5 nitrogen and oxygen atoms in total. The van der Waals surface area contributed by atoms with Gasteiger partial charge in [-0.3, -0.25) is 9.67 Å². The summed E-state index contributed by atoms with van der Waals surface area (Å²) in [4.78, 5) is 6.52. The summed E-state index contributed by atoms with van der Waals surface area (Å²) in [5.74, 6) is 0.966. The first kappa shape index (κ1) is 13.5. The van der Waals surface area contributed by atoms with Gasteiger partial charge >= 0.3 is 0 Å². The molecule has 0 bridgehead atoms. The lowest BCUT2D eigenvalue weighted by Gasteiger charge is -2.23. The highest BCUT2D eigenvalue weighted by atomic mass is 16.3. The Morgan fingerprint density at radius 2 is 2.16 bits per heavy atom. The third-order valence-corrected chi connectivity index (χ3v) is 3.23. The molecule has 0 saturated carbocycles. The number of hydrogen-bond donors (Lipinski definition) is 1. The largest absolute Gasteiger partial charge is 0.391 e. The number of aliphatic hydroxyl groups is 1. The number of nitrogens with zero attached hydrogens (tertiary/aromatic N) is 4. The molecule has 0 saturated heterocycles. The van der Waals surface area contributed by atoms with Gasteiger partial charge in [0.2, 0.25) is 0 Å². The fourth-order valence-corrected chi connectivity index (χ4v) is 2.29. The average Bonchev–Trinajstić information content (AvgIpc) is 2.71. The monoisotopic (exact) mass is 260 g/mol. The van der Waals surface area contributed by atoms with E-state index < -0.39 is 0 Å². The predicted octanol–water partition coefficient (Wildman–Crippen LogP) is 1.64. The van der Waals surface area contributed by atoms with Gasteiger partial charge in [-0.25, -0.2) is 0 Å². The maximum atomic E-state index is 9.53. The second-order valence-electron chi connectivity index (χ2n) is 4.50. The lowest BCUT2D eigenvalue weighted by Crippen LogP contribution is -2.26. The quantitative estimate of drug-likeness (QED) is 0.888. The van der Waals surface area contributed by atoms with E-state index in [0.29, 0.717) is 6.54 Å². The standard InChI is InChI=1S/C14H20N4O/c1-4-18(9-12-7-5-6-8-15-12)14-13(10-19)11(2)16-17(14)3/h5-8,19H,4,9-10H2,1-3H3. The Hall–Kier alpha value is -1.88. The number of anilines is 1. The SMILES string of the molecule is CCN(Cc1ccccn1)c1c(CO)c(C)nn1C. The molecule has 0 aliphatic rings. The normalized spacial score (nSPS) is 10.7. The number of hydrogen-bond acceptors (Lipinski definition) is 4. The van der Waals surface area contributed by atoms with E-state index in [0.717, 1.165) is 29.3 Å². The summed E-state index contributed by atoms with van der Waals surface area (Å²) >= 11 is 0. The first-order chi connectivity index (χ1) is 9.17. The molecule has 0 aliphatic heterocycles. The van der Waals surface area contributed by atoms with E-state index in [1.807, 2.05) is 36.9 Å². The van der Waals surface area contributed by atoms with Crippen LogP contribution in [0.25, 0.3) is 0 Å². The van der Waals surface area contributed by atoms with Gasteiger partial charge in [-0.1, -0.05) is 6.07 Å². The van der Waals surface area contributed by atoms with E-state index in [1.54, 1.807) is 6.20 Å². The molecule has 0 aliphatic carbocycles. The third-order valence-electron chi connectivity index (χ3n) is 3.23. The molecule has 0 atom stereocenters. The Labute approximate surface area is 113 Å². The van der Waals surface area contributed by atoms with Crippen LogP contribution in [0.1, 0.15) is 23.9 Å². The molecule has 0 spiro atoms. The van der Waals surface area contributed by atoms with Crippen LogP contribution in [-0.2, 0) is 20.2 Å². The zero-order chi connectivity index (χ0) is 13.8. The second kappa shape index (κ2) is 5.84. The Bertz CT molecular complexity index is 536.